The van der Waals surface area contributed by atoms with Crippen LogP contribution in [0.5, 0.6) is 0 Å². The molecule has 0 saturated carbocycles. The maximum Gasteiger partial charge on any atom is 0.345 e. The van der Waals surface area contributed by atoms with Crippen LogP contribution in [0, 0.1) is 0 Å². The minimum Gasteiger partial charge on any atom is -0.390 e. The molecule has 2 rings (SSSR count). The maximum absolute atomic E-state index is 12.6. The molecular weight excluding hydrogens is 351 g/mol. The Bertz CT molecular complexity index is 751. The number of halogens is 2. The standard InChI is InChI=1S/C18H16Cl2O4/c1-18(2,23)17(22)24-16(21)15(11-6-4-3-5-7-11)13-10-12(19)8-9-14(13)20/h3-10,15,23H,1-2H3. The van der Waals surface area contributed by atoms with E-state index >= 15 is 0 Å². The van der Waals surface area contributed by atoms with Crippen molar-refractivity contribution in [2.75, 3.05) is 0 Å². The molecule has 0 spiro atoms. The Morgan fingerprint density at radius 2 is 1.71 bits per heavy atom. The second-order valence-electron chi connectivity index (χ2n) is 5.78. The highest BCUT2D eigenvalue weighted by atomic mass is 35.5. The first-order valence-corrected chi connectivity index (χ1v) is 7.94. The van der Waals surface area contributed by atoms with Crippen LogP contribution in [0.4, 0.5) is 0 Å². The fourth-order valence-electron chi connectivity index (χ4n) is 2.10. The average Bonchev–Trinajstić information content (AvgIpc) is 2.51. The van der Waals surface area contributed by atoms with Crippen LogP contribution >= 0.6 is 23.2 Å². The van der Waals surface area contributed by atoms with Crippen molar-refractivity contribution in [3.63, 3.8) is 0 Å². The molecule has 126 valence electrons. The van der Waals surface area contributed by atoms with E-state index in [4.69, 9.17) is 27.9 Å². The van der Waals surface area contributed by atoms with E-state index in [0.29, 0.717) is 21.2 Å². The molecule has 0 heterocycles. The minimum absolute atomic E-state index is 0.320. The van der Waals surface area contributed by atoms with Gasteiger partial charge in [-0.2, -0.15) is 0 Å². The Morgan fingerprint density at radius 3 is 2.29 bits per heavy atom. The Morgan fingerprint density at radius 1 is 1.08 bits per heavy atom. The van der Waals surface area contributed by atoms with Crippen molar-refractivity contribution in [2.45, 2.75) is 25.4 Å². The van der Waals surface area contributed by atoms with Gasteiger partial charge in [0.25, 0.3) is 0 Å². The Kier molecular flexibility index (Phi) is 5.65. The number of hydrogen-bond acceptors (Lipinski definition) is 4. The zero-order valence-electron chi connectivity index (χ0n) is 13.1. The SMILES string of the molecule is CC(C)(O)C(=O)OC(=O)C(c1ccccc1)c1cc(Cl)ccc1Cl. The zero-order chi connectivity index (χ0) is 17.9. The minimum atomic E-state index is -1.78. The van der Waals surface area contributed by atoms with E-state index < -0.39 is 23.5 Å². The number of ether oxygens (including phenoxy) is 1. The summed E-state index contributed by atoms with van der Waals surface area (Å²) in [6.07, 6.45) is 0. The summed E-state index contributed by atoms with van der Waals surface area (Å²) in [5, 5.41) is 10.4. The fraction of sp³-hybridized carbons (Fsp3) is 0.222. The maximum atomic E-state index is 12.6. The van der Waals surface area contributed by atoms with Crippen LogP contribution in [0.1, 0.15) is 30.9 Å². The van der Waals surface area contributed by atoms with Crippen LogP contribution in [0.3, 0.4) is 0 Å². The largest absolute Gasteiger partial charge is 0.390 e. The summed E-state index contributed by atoms with van der Waals surface area (Å²) in [6, 6.07) is 13.5. The molecule has 1 unspecified atom stereocenters. The fourth-order valence-corrected chi connectivity index (χ4v) is 2.51. The van der Waals surface area contributed by atoms with Gasteiger partial charge >= 0.3 is 11.9 Å². The third kappa shape index (κ3) is 4.35. The number of benzene rings is 2. The van der Waals surface area contributed by atoms with Gasteiger partial charge in [-0.05, 0) is 43.2 Å². The Labute approximate surface area is 150 Å². The molecule has 24 heavy (non-hydrogen) atoms. The van der Waals surface area contributed by atoms with Crippen LogP contribution in [-0.2, 0) is 14.3 Å². The molecule has 0 bridgehead atoms. The lowest BCUT2D eigenvalue weighted by Crippen LogP contribution is -2.36. The van der Waals surface area contributed by atoms with E-state index in [1.165, 1.54) is 13.8 Å². The van der Waals surface area contributed by atoms with Crippen molar-refractivity contribution in [3.8, 4) is 0 Å². The van der Waals surface area contributed by atoms with Crippen molar-refractivity contribution in [1.29, 1.82) is 0 Å². The van der Waals surface area contributed by atoms with E-state index in [1.807, 2.05) is 0 Å². The highest BCUT2D eigenvalue weighted by molar-refractivity contribution is 6.33. The lowest BCUT2D eigenvalue weighted by atomic mass is 9.91. The molecule has 0 saturated heterocycles. The van der Waals surface area contributed by atoms with Crippen LogP contribution in [0.2, 0.25) is 10.0 Å². The quantitative estimate of drug-likeness (QED) is 0.656. The molecule has 0 aliphatic heterocycles. The van der Waals surface area contributed by atoms with E-state index in [1.54, 1.807) is 48.5 Å². The third-order valence-electron chi connectivity index (χ3n) is 3.33. The van der Waals surface area contributed by atoms with Gasteiger partial charge in [0, 0.05) is 10.0 Å². The van der Waals surface area contributed by atoms with Gasteiger partial charge in [-0.25, -0.2) is 4.79 Å². The lowest BCUT2D eigenvalue weighted by Gasteiger charge is -2.20. The van der Waals surface area contributed by atoms with Crippen LogP contribution < -0.4 is 0 Å². The first-order chi connectivity index (χ1) is 11.2. The third-order valence-corrected chi connectivity index (χ3v) is 3.91. The van der Waals surface area contributed by atoms with E-state index in [2.05, 4.69) is 0 Å². The van der Waals surface area contributed by atoms with Gasteiger partial charge in [-0.1, -0.05) is 53.5 Å². The molecule has 2 aromatic carbocycles. The molecule has 1 N–H and O–H groups in total. The van der Waals surface area contributed by atoms with Crippen LogP contribution in [0.25, 0.3) is 0 Å². The summed E-state index contributed by atoms with van der Waals surface area (Å²) >= 11 is 12.2. The van der Waals surface area contributed by atoms with E-state index in [9.17, 15) is 14.7 Å². The number of hydrogen-bond donors (Lipinski definition) is 1. The molecular formula is C18H16Cl2O4. The van der Waals surface area contributed by atoms with Gasteiger partial charge in [0.2, 0.25) is 0 Å². The van der Waals surface area contributed by atoms with Crippen LogP contribution in [-0.4, -0.2) is 22.6 Å². The predicted octanol–water partition coefficient (Wildman–Crippen LogP) is 3.97. The first-order valence-electron chi connectivity index (χ1n) is 7.18. The molecule has 0 radical (unpaired) electrons. The highest BCUT2D eigenvalue weighted by Gasteiger charge is 2.33. The van der Waals surface area contributed by atoms with Crippen molar-refractivity contribution < 1.29 is 19.4 Å². The molecule has 0 aliphatic carbocycles. The number of esters is 2. The Hall–Kier alpha value is -1.88. The van der Waals surface area contributed by atoms with Crippen molar-refractivity contribution in [1.82, 2.24) is 0 Å². The van der Waals surface area contributed by atoms with Gasteiger partial charge < -0.3 is 9.84 Å². The first kappa shape index (κ1) is 18.5. The molecule has 0 amide bonds. The molecule has 2 aromatic rings. The van der Waals surface area contributed by atoms with Gasteiger partial charge in [-0.15, -0.1) is 0 Å². The molecule has 0 aromatic heterocycles. The van der Waals surface area contributed by atoms with Gasteiger partial charge in [0.05, 0.1) is 0 Å². The number of carbonyl (C=O) groups excluding carboxylic acids is 2. The molecule has 6 heteroatoms. The smallest absolute Gasteiger partial charge is 0.345 e. The molecule has 1 atom stereocenters. The van der Waals surface area contributed by atoms with Crippen LogP contribution in [0.15, 0.2) is 48.5 Å². The van der Waals surface area contributed by atoms with E-state index in [-0.39, 0.29) is 0 Å². The van der Waals surface area contributed by atoms with Crippen molar-refractivity contribution in [2.24, 2.45) is 0 Å². The average molecular weight is 367 g/mol. The van der Waals surface area contributed by atoms with Crippen molar-refractivity contribution in [3.05, 3.63) is 69.7 Å². The molecule has 4 nitrogen and oxygen atoms in total. The Balaban J connectivity index is 2.46. The number of rotatable bonds is 4. The summed E-state index contributed by atoms with van der Waals surface area (Å²) in [4.78, 5) is 24.5. The zero-order valence-corrected chi connectivity index (χ0v) is 14.6. The van der Waals surface area contributed by atoms with Gasteiger partial charge in [0.15, 0.2) is 5.60 Å². The molecule has 0 aliphatic rings. The van der Waals surface area contributed by atoms with Crippen molar-refractivity contribution >= 4 is 35.1 Å². The number of carbonyl (C=O) groups is 2. The summed E-state index contributed by atoms with van der Waals surface area (Å²) < 4.78 is 4.85. The monoisotopic (exact) mass is 366 g/mol. The topological polar surface area (TPSA) is 63.6 Å². The normalized spacial score (nSPS) is 12.5. The molecule has 0 fully saturated rings. The summed E-state index contributed by atoms with van der Waals surface area (Å²) in [7, 11) is 0. The van der Waals surface area contributed by atoms with Gasteiger partial charge in [-0.3, -0.25) is 4.79 Å². The summed E-state index contributed by atoms with van der Waals surface area (Å²) in [6.45, 7) is 2.49. The summed E-state index contributed by atoms with van der Waals surface area (Å²) in [5.41, 5.74) is -0.770. The predicted molar refractivity (Wildman–Crippen MR) is 92.1 cm³/mol. The second-order valence-corrected chi connectivity index (χ2v) is 6.62. The van der Waals surface area contributed by atoms with E-state index in [0.717, 1.165) is 0 Å². The number of aliphatic hydroxyl groups is 1. The van der Waals surface area contributed by atoms with Gasteiger partial charge in [0.1, 0.15) is 5.92 Å². The lowest BCUT2D eigenvalue weighted by molar-refractivity contribution is -0.172. The highest BCUT2D eigenvalue weighted by Crippen LogP contribution is 2.33. The second kappa shape index (κ2) is 7.34. The summed E-state index contributed by atoms with van der Waals surface area (Å²) in [5.74, 6) is -2.81.